The van der Waals surface area contributed by atoms with Gasteiger partial charge in [0.2, 0.25) is 6.79 Å². The molecule has 1 aliphatic rings. The number of para-hydroxylation sites is 2. The molecule has 1 aliphatic heterocycles. The molecule has 0 spiro atoms. The summed E-state index contributed by atoms with van der Waals surface area (Å²) < 4.78 is 10.8. The van der Waals surface area contributed by atoms with Crippen LogP contribution in [0.1, 0.15) is 30.1 Å². The summed E-state index contributed by atoms with van der Waals surface area (Å²) in [6.07, 6.45) is 1.98. The monoisotopic (exact) mass is 297 g/mol. The fourth-order valence-electron chi connectivity index (χ4n) is 2.52. The molecule has 4 heteroatoms. The Bertz CT molecular complexity index is 655. The second kappa shape index (κ2) is 6.52. The van der Waals surface area contributed by atoms with E-state index in [1.54, 1.807) is 11.0 Å². The standard InChI is InChI=1S/C18H19NO3/c1-2-3-12-19(14-8-5-4-6-9-14)18(20)15-10-7-11-16-17(15)22-13-21-16/h4-11H,2-3,12-13H2,1H3. The highest BCUT2D eigenvalue weighted by Crippen LogP contribution is 2.36. The van der Waals surface area contributed by atoms with Gasteiger partial charge >= 0.3 is 0 Å². The van der Waals surface area contributed by atoms with Crippen molar-refractivity contribution in [3.05, 3.63) is 54.1 Å². The first-order chi connectivity index (χ1) is 10.8. The number of carbonyl (C=O) groups is 1. The summed E-state index contributed by atoms with van der Waals surface area (Å²) in [7, 11) is 0. The Morgan fingerprint density at radius 2 is 1.91 bits per heavy atom. The molecular formula is C18H19NO3. The van der Waals surface area contributed by atoms with E-state index in [1.165, 1.54) is 0 Å². The number of ether oxygens (including phenoxy) is 2. The van der Waals surface area contributed by atoms with Gasteiger partial charge in [-0.2, -0.15) is 0 Å². The fourth-order valence-corrected chi connectivity index (χ4v) is 2.52. The van der Waals surface area contributed by atoms with Crippen LogP contribution in [-0.2, 0) is 0 Å². The molecule has 0 saturated carbocycles. The number of hydrogen-bond acceptors (Lipinski definition) is 3. The van der Waals surface area contributed by atoms with Crippen LogP contribution in [0.15, 0.2) is 48.5 Å². The maximum Gasteiger partial charge on any atom is 0.262 e. The lowest BCUT2D eigenvalue weighted by Crippen LogP contribution is -2.32. The predicted molar refractivity (Wildman–Crippen MR) is 85.6 cm³/mol. The van der Waals surface area contributed by atoms with Crippen LogP contribution in [0.4, 0.5) is 5.69 Å². The maximum absolute atomic E-state index is 13.0. The van der Waals surface area contributed by atoms with E-state index < -0.39 is 0 Å². The zero-order valence-electron chi connectivity index (χ0n) is 12.6. The first-order valence-electron chi connectivity index (χ1n) is 7.56. The molecule has 0 aromatic heterocycles. The number of hydrogen-bond donors (Lipinski definition) is 0. The van der Waals surface area contributed by atoms with Gasteiger partial charge in [0.15, 0.2) is 11.5 Å². The molecule has 0 N–H and O–H groups in total. The van der Waals surface area contributed by atoms with Gasteiger partial charge in [0.1, 0.15) is 0 Å². The van der Waals surface area contributed by atoms with Crippen LogP contribution in [0.2, 0.25) is 0 Å². The highest BCUT2D eigenvalue weighted by molar-refractivity contribution is 6.08. The topological polar surface area (TPSA) is 38.8 Å². The molecule has 2 aromatic rings. The Morgan fingerprint density at radius 1 is 1.09 bits per heavy atom. The number of nitrogens with zero attached hydrogens (tertiary/aromatic N) is 1. The Kier molecular flexibility index (Phi) is 4.28. The van der Waals surface area contributed by atoms with Gasteiger partial charge in [-0.05, 0) is 30.7 Å². The summed E-state index contributed by atoms with van der Waals surface area (Å²) in [4.78, 5) is 14.8. The molecule has 1 amide bonds. The molecule has 114 valence electrons. The van der Waals surface area contributed by atoms with E-state index in [0.717, 1.165) is 18.5 Å². The van der Waals surface area contributed by atoms with Crippen LogP contribution in [-0.4, -0.2) is 19.2 Å². The summed E-state index contributed by atoms with van der Waals surface area (Å²) in [5.41, 5.74) is 1.45. The first kappa shape index (κ1) is 14.4. The SMILES string of the molecule is CCCCN(C(=O)c1cccc2c1OCO2)c1ccccc1. The van der Waals surface area contributed by atoms with Gasteiger partial charge in [-0.25, -0.2) is 0 Å². The van der Waals surface area contributed by atoms with Crippen molar-refractivity contribution >= 4 is 11.6 Å². The van der Waals surface area contributed by atoms with Crippen LogP contribution in [0, 0.1) is 0 Å². The van der Waals surface area contributed by atoms with E-state index in [9.17, 15) is 4.79 Å². The van der Waals surface area contributed by atoms with Gasteiger partial charge in [-0.3, -0.25) is 4.79 Å². The van der Waals surface area contributed by atoms with Gasteiger partial charge < -0.3 is 14.4 Å². The zero-order valence-corrected chi connectivity index (χ0v) is 12.6. The minimum atomic E-state index is -0.0537. The number of anilines is 1. The average molecular weight is 297 g/mol. The Morgan fingerprint density at radius 3 is 2.68 bits per heavy atom. The van der Waals surface area contributed by atoms with Crippen molar-refractivity contribution in [3.8, 4) is 11.5 Å². The molecule has 0 atom stereocenters. The quantitative estimate of drug-likeness (QED) is 0.841. The average Bonchev–Trinajstić information content (AvgIpc) is 3.04. The highest BCUT2D eigenvalue weighted by Gasteiger charge is 2.25. The molecule has 0 saturated heterocycles. The van der Waals surface area contributed by atoms with Crippen molar-refractivity contribution in [1.82, 2.24) is 0 Å². The number of amides is 1. The van der Waals surface area contributed by atoms with E-state index in [-0.39, 0.29) is 12.7 Å². The lowest BCUT2D eigenvalue weighted by Gasteiger charge is -2.23. The Labute approximate surface area is 130 Å². The Hall–Kier alpha value is -2.49. The normalized spacial score (nSPS) is 12.2. The van der Waals surface area contributed by atoms with Crippen LogP contribution in [0.25, 0.3) is 0 Å². The number of fused-ring (bicyclic) bond motifs is 1. The third kappa shape index (κ3) is 2.77. The van der Waals surface area contributed by atoms with Crippen LogP contribution < -0.4 is 14.4 Å². The minimum absolute atomic E-state index is 0.0537. The van der Waals surface area contributed by atoms with E-state index in [0.29, 0.717) is 23.6 Å². The summed E-state index contributed by atoms with van der Waals surface area (Å²) in [6.45, 7) is 2.97. The predicted octanol–water partition coefficient (Wildman–Crippen LogP) is 3.86. The largest absolute Gasteiger partial charge is 0.454 e. The van der Waals surface area contributed by atoms with E-state index in [1.807, 2.05) is 42.5 Å². The maximum atomic E-state index is 13.0. The summed E-state index contributed by atoms with van der Waals surface area (Å²) >= 11 is 0. The molecule has 0 unspecified atom stereocenters. The molecule has 0 aliphatic carbocycles. The van der Waals surface area contributed by atoms with Crippen molar-refractivity contribution in [2.75, 3.05) is 18.2 Å². The van der Waals surface area contributed by atoms with Crippen LogP contribution >= 0.6 is 0 Å². The van der Waals surface area contributed by atoms with Gasteiger partial charge in [-0.1, -0.05) is 37.6 Å². The minimum Gasteiger partial charge on any atom is -0.454 e. The van der Waals surface area contributed by atoms with E-state index in [2.05, 4.69) is 6.92 Å². The number of benzene rings is 2. The van der Waals surface area contributed by atoms with Crippen LogP contribution in [0.3, 0.4) is 0 Å². The van der Waals surface area contributed by atoms with Crippen molar-refractivity contribution < 1.29 is 14.3 Å². The number of rotatable bonds is 5. The summed E-state index contributed by atoms with van der Waals surface area (Å²) in [6, 6.07) is 15.2. The smallest absolute Gasteiger partial charge is 0.262 e. The van der Waals surface area contributed by atoms with Gasteiger partial charge in [-0.15, -0.1) is 0 Å². The third-order valence-electron chi connectivity index (χ3n) is 3.68. The van der Waals surface area contributed by atoms with Crippen molar-refractivity contribution in [2.45, 2.75) is 19.8 Å². The molecule has 0 bridgehead atoms. The van der Waals surface area contributed by atoms with Gasteiger partial charge in [0, 0.05) is 12.2 Å². The number of unbranched alkanes of at least 4 members (excludes halogenated alkanes) is 1. The first-order valence-corrected chi connectivity index (χ1v) is 7.56. The molecular weight excluding hydrogens is 278 g/mol. The molecule has 2 aromatic carbocycles. The van der Waals surface area contributed by atoms with Crippen LogP contribution in [0.5, 0.6) is 11.5 Å². The molecule has 0 fully saturated rings. The molecule has 4 nitrogen and oxygen atoms in total. The van der Waals surface area contributed by atoms with Gasteiger partial charge in [0.05, 0.1) is 5.56 Å². The molecule has 1 heterocycles. The lowest BCUT2D eigenvalue weighted by molar-refractivity contribution is 0.0982. The second-order valence-electron chi connectivity index (χ2n) is 5.19. The second-order valence-corrected chi connectivity index (χ2v) is 5.19. The third-order valence-corrected chi connectivity index (χ3v) is 3.68. The van der Waals surface area contributed by atoms with E-state index in [4.69, 9.17) is 9.47 Å². The fraction of sp³-hybridized carbons (Fsp3) is 0.278. The van der Waals surface area contributed by atoms with Crippen molar-refractivity contribution in [3.63, 3.8) is 0 Å². The van der Waals surface area contributed by atoms with Crippen molar-refractivity contribution in [2.24, 2.45) is 0 Å². The molecule has 22 heavy (non-hydrogen) atoms. The summed E-state index contributed by atoms with van der Waals surface area (Å²) in [5.74, 6) is 1.13. The molecule has 3 rings (SSSR count). The van der Waals surface area contributed by atoms with Gasteiger partial charge in [0.25, 0.3) is 5.91 Å². The van der Waals surface area contributed by atoms with Crippen molar-refractivity contribution in [1.29, 1.82) is 0 Å². The summed E-state index contributed by atoms with van der Waals surface area (Å²) in [5, 5.41) is 0. The van der Waals surface area contributed by atoms with E-state index >= 15 is 0 Å². The molecule has 0 radical (unpaired) electrons. The Balaban J connectivity index is 1.94. The number of carbonyl (C=O) groups excluding carboxylic acids is 1. The lowest BCUT2D eigenvalue weighted by atomic mass is 10.1. The highest BCUT2D eigenvalue weighted by atomic mass is 16.7. The zero-order chi connectivity index (χ0) is 15.4.